The fourth-order valence-electron chi connectivity index (χ4n) is 1.95. The molecule has 0 saturated heterocycles. The third-order valence-corrected chi connectivity index (χ3v) is 4.40. The number of anilines is 1. The lowest BCUT2D eigenvalue weighted by Crippen LogP contribution is -2.09. The molecule has 1 heterocycles. The minimum atomic E-state index is 0.355. The average molecular weight is 331 g/mol. The summed E-state index contributed by atoms with van der Waals surface area (Å²) in [6.45, 7) is 8.80. The number of hydrogen-bond donors (Lipinski definition) is 1. The summed E-state index contributed by atoms with van der Waals surface area (Å²) in [4.78, 5) is 9.12. The smallest absolute Gasteiger partial charge is 0.140 e. The first kappa shape index (κ1) is 12.1. The Morgan fingerprint density at radius 3 is 2.38 bits per heavy atom. The minimum Gasteiger partial charge on any atom is -0.383 e. The maximum absolute atomic E-state index is 5.95. The molecule has 1 aromatic heterocycles. The van der Waals surface area contributed by atoms with Crippen molar-refractivity contribution in [3.05, 3.63) is 15.1 Å². The monoisotopic (exact) mass is 331 g/mol. The molecule has 88 valence electrons. The molecule has 16 heavy (non-hydrogen) atoms. The van der Waals surface area contributed by atoms with Crippen molar-refractivity contribution >= 4 is 28.4 Å². The van der Waals surface area contributed by atoms with Crippen molar-refractivity contribution in [1.29, 1.82) is 0 Å². The molecule has 1 fully saturated rings. The van der Waals surface area contributed by atoms with Gasteiger partial charge in [0.05, 0.1) is 9.26 Å². The third-order valence-electron chi connectivity index (χ3n) is 3.29. The van der Waals surface area contributed by atoms with Crippen molar-refractivity contribution in [1.82, 2.24) is 9.97 Å². The van der Waals surface area contributed by atoms with Crippen LogP contribution in [0.15, 0.2) is 0 Å². The highest BCUT2D eigenvalue weighted by atomic mass is 127. The van der Waals surface area contributed by atoms with Crippen LogP contribution in [-0.4, -0.2) is 9.97 Å². The van der Waals surface area contributed by atoms with Crippen LogP contribution in [0, 0.1) is 8.99 Å². The zero-order valence-electron chi connectivity index (χ0n) is 10.2. The van der Waals surface area contributed by atoms with Crippen molar-refractivity contribution in [2.45, 2.75) is 46.0 Å². The number of aromatic nitrogens is 2. The second-order valence-corrected chi connectivity index (χ2v) is 6.65. The highest BCUT2D eigenvalue weighted by molar-refractivity contribution is 14.1. The van der Waals surface area contributed by atoms with Gasteiger partial charge in [0.2, 0.25) is 0 Å². The Morgan fingerprint density at radius 1 is 1.38 bits per heavy atom. The van der Waals surface area contributed by atoms with Crippen LogP contribution in [0.4, 0.5) is 5.82 Å². The predicted molar refractivity (Wildman–Crippen MR) is 74.4 cm³/mol. The summed E-state index contributed by atoms with van der Waals surface area (Å²) in [6.07, 6.45) is 1.17. The van der Waals surface area contributed by atoms with Crippen molar-refractivity contribution < 1.29 is 0 Å². The van der Waals surface area contributed by atoms with E-state index in [4.69, 9.17) is 10.7 Å². The van der Waals surface area contributed by atoms with Gasteiger partial charge >= 0.3 is 0 Å². The quantitative estimate of drug-likeness (QED) is 0.846. The highest BCUT2D eigenvalue weighted by Crippen LogP contribution is 2.57. The standard InChI is InChI=1S/C12H18IN3/c1-6(2)9-8(13)10(14)16-11(15-9)7-5-12(7,3)4/h6-7H,5H2,1-4H3,(H2,14,15,16). The molecule has 1 aliphatic rings. The summed E-state index contributed by atoms with van der Waals surface area (Å²) in [5.41, 5.74) is 7.40. The Balaban J connectivity index is 2.42. The largest absolute Gasteiger partial charge is 0.383 e. The van der Waals surface area contributed by atoms with Gasteiger partial charge in [0.15, 0.2) is 0 Å². The van der Waals surface area contributed by atoms with Crippen molar-refractivity contribution in [2.24, 2.45) is 5.41 Å². The van der Waals surface area contributed by atoms with E-state index >= 15 is 0 Å². The van der Waals surface area contributed by atoms with E-state index in [-0.39, 0.29) is 0 Å². The molecule has 3 nitrogen and oxygen atoms in total. The molecule has 1 aromatic rings. The summed E-state index contributed by atoms with van der Waals surface area (Å²) in [5, 5.41) is 0. The normalized spacial score (nSPS) is 22.5. The lowest BCUT2D eigenvalue weighted by atomic mass is 10.1. The highest BCUT2D eigenvalue weighted by Gasteiger charge is 2.48. The van der Waals surface area contributed by atoms with Crippen LogP contribution in [0.3, 0.4) is 0 Å². The summed E-state index contributed by atoms with van der Waals surface area (Å²) in [6, 6.07) is 0. The van der Waals surface area contributed by atoms with Gasteiger partial charge in [-0.25, -0.2) is 9.97 Å². The van der Waals surface area contributed by atoms with E-state index in [0.717, 1.165) is 15.1 Å². The summed E-state index contributed by atoms with van der Waals surface area (Å²) in [7, 11) is 0. The molecule has 2 N–H and O–H groups in total. The molecule has 1 saturated carbocycles. The molecular weight excluding hydrogens is 313 g/mol. The van der Waals surface area contributed by atoms with Crippen LogP contribution in [0.1, 0.15) is 57.5 Å². The molecule has 0 aliphatic heterocycles. The van der Waals surface area contributed by atoms with Crippen molar-refractivity contribution in [3.8, 4) is 0 Å². The molecule has 2 rings (SSSR count). The van der Waals surface area contributed by atoms with E-state index in [2.05, 4.69) is 55.3 Å². The van der Waals surface area contributed by atoms with Crippen molar-refractivity contribution in [3.63, 3.8) is 0 Å². The lowest BCUT2D eigenvalue weighted by Gasteiger charge is -2.12. The second kappa shape index (κ2) is 3.82. The number of nitrogens with two attached hydrogens (primary N) is 1. The molecule has 0 bridgehead atoms. The predicted octanol–water partition coefficient (Wildman–Crippen LogP) is 3.30. The van der Waals surface area contributed by atoms with Crippen LogP contribution < -0.4 is 5.73 Å². The van der Waals surface area contributed by atoms with Gasteiger partial charge in [-0.2, -0.15) is 0 Å². The van der Waals surface area contributed by atoms with Crippen LogP contribution in [-0.2, 0) is 0 Å². The van der Waals surface area contributed by atoms with Crippen molar-refractivity contribution in [2.75, 3.05) is 5.73 Å². The average Bonchev–Trinajstić information content (AvgIpc) is 2.79. The van der Waals surface area contributed by atoms with E-state index in [9.17, 15) is 0 Å². The van der Waals surface area contributed by atoms with E-state index < -0.39 is 0 Å². The van der Waals surface area contributed by atoms with Crippen LogP contribution >= 0.6 is 22.6 Å². The lowest BCUT2D eigenvalue weighted by molar-refractivity contribution is 0.605. The Morgan fingerprint density at radius 2 is 1.94 bits per heavy atom. The zero-order valence-corrected chi connectivity index (χ0v) is 12.4. The zero-order chi connectivity index (χ0) is 12.1. The Bertz CT molecular complexity index is 427. The Labute approximate surface area is 110 Å². The number of nitrogens with zero attached hydrogens (tertiary/aromatic N) is 2. The van der Waals surface area contributed by atoms with E-state index in [0.29, 0.717) is 23.1 Å². The molecule has 1 unspecified atom stereocenters. The summed E-state index contributed by atoms with van der Waals surface area (Å²) >= 11 is 2.24. The maximum atomic E-state index is 5.95. The summed E-state index contributed by atoms with van der Waals surface area (Å²) < 4.78 is 1.01. The third kappa shape index (κ3) is 2.04. The first-order valence-electron chi connectivity index (χ1n) is 5.65. The number of nitrogen functional groups attached to an aromatic ring is 1. The summed E-state index contributed by atoms with van der Waals surface area (Å²) in [5.74, 6) is 2.46. The van der Waals surface area contributed by atoms with Gasteiger partial charge in [-0.3, -0.25) is 0 Å². The van der Waals surface area contributed by atoms with Gasteiger partial charge in [0.1, 0.15) is 11.6 Å². The number of hydrogen-bond acceptors (Lipinski definition) is 3. The fourth-order valence-corrected chi connectivity index (χ4v) is 2.81. The van der Waals surface area contributed by atoms with Gasteiger partial charge in [0, 0.05) is 5.92 Å². The molecule has 1 atom stereocenters. The van der Waals surface area contributed by atoms with Gasteiger partial charge in [-0.15, -0.1) is 0 Å². The first-order chi connectivity index (χ1) is 7.33. The molecule has 4 heteroatoms. The van der Waals surface area contributed by atoms with E-state index in [1.165, 1.54) is 6.42 Å². The molecule has 0 spiro atoms. The second-order valence-electron chi connectivity index (χ2n) is 5.57. The SMILES string of the molecule is CC(C)c1nc(C2CC2(C)C)nc(N)c1I. The molecule has 0 aromatic carbocycles. The van der Waals surface area contributed by atoms with Gasteiger partial charge in [-0.05, 0) is 40.3 Å². The Kier molecular flexibility index (Phi) is 2.88. The van der Waals surface area contributed by atoms with Gasteiger partial charge < -0.3 is 5.73 Å². The number of halogens is 1. The fraction of sp³-hybridized carbons (Fsp3) is 0.667. The van der Waals surface area contributed by atoms with Crippen LogP contribution in [0.2, 0.25) is 0 Å². The van der Waals surface area contributed by atoms with Gasteiger partial charge in [-0.1, -0.05) is 27.7 Å². The number of rotatable bonds is 2. The molecular formula is C12H18IN3. The molecule has 0 amide bonds. The maximum Gasteiger partial charge on any atom is 0.140 e. The van der Waals surface area contributed by atoms with Crippen LogP contribution in [0.5, 0.6) is 0 Å². The molecule has 0 radical (unpaired) electrons. The van der Waals surface area contributed by atoms with Crippen LogP contribution in [0.25, 0.3) is 0 Å². The topological polar surface area (TPSA) is 51.8 Å². The van der Waals surface area contributed by atoms with Gasteiger partial charge in [0.25, 0.3) is 0 Å². The van der Waals surface area contributed by atoms with E-state index in [1.807, 2.05) is 0 Å². The first-order valence-corrected chi connectivity index (χ1v) is 6.73. The Hall–Kier alpha value is -0.390. The molecule has 1 aliphatic carbocycles. The van der Waals surface area contributed by atoms with E-state index in [1.54, 1.807) is 0 Å². The minimum absolute atomic E-state index is 0.355.